The molecule has 2 aliphatic rings. The van der Waals surface area contributed by atoms with Crippen LogP contribution >= 0.6 is 0 Å². The first kappa shape index (κ1) is 22.3. The summed E-state index contributed by atoms with van der Waals surface area (Å²) in [6.45, 7) is 3.28. The van der Waals surface area contributed by atoms with Crippen LogP contribution < -0.4 is 15.5 Å². The van der Waals surface area contributed by atoms with Gasteiger partial charge in [0.1, 0.15) is 12.1 Å². The number of anilines is 3. The lowest BCUT2D eigenvalue weighted by Gasteiger charge is -2.28. The molecular weight excluding hydrogens is 426 g/mol. The minimum Gasteiger partial charge on any atom is -0.378 e. The quantitative estimate of drug-likeness (QED) is 0.544. The molecule has 7 nitrogen and oxygen atoms in total. The minimum atomic E-state index is -0.143. The van der Waals surface area contributed by atoms with Crippen LogP contribution in [0.3, 0.4) is 0 Å². The van der Waals surface area contributed by atoms with E-state index in [1.807, 2.05) is 54.6 Å². The van der Waals surface area contributed by atoms with E-state index in [1.165, 1.54) is 32.1 Å². The van der Waals surface area contributed by atoms with E-state index >= 15 is 0 Å². The zero-order chi connectivity index (χ0) is 23.2. The highest BCUT2D eigenvalue weighted by Gasteiger charge is 2.15. The second-order valence-electron chi connectivity index (χ2n) is 8.95. The Bertz CT molecular complexity index is 1110. The van der Waals surface area contributed by atoms with Crippen LogP contribution in [0.1, 0.15) is 42.5 Å². The topological polar surface area (TPSA) is 79.4 Å². The minimum absolute atomic E-state index is 0.143. The molecule has 1 saturated carbocycles. The van der Waals surface area contributed by atoms with Crippen molar-refractivity contribution in [3.63, 3.8) is 0 Å². The number of rotatable bonds is 6. The van der Waals surface area contributed by atoms with Crippen LogP contribution in [0.5, 0.6) is 0 Å². The Morgan fingerprint density at radius 1 is 0.941 bits per heavy atom. The molecule has 2 fully saturated rings. The molecule has 2 aromatic carbocycles. The lowest BCUT2D eigenvalue weighted by molar-refractivity contribution is 0.102. The number of nitrogens with zero attached hydrogens (tertiary/aromatic N) is 3. The second kappa shape index (κ2) is 10.7. The van der Waals surface area contributed by atoms with Gasteiger partial charge in [-0.3, -0.25) is 4.79 Å². The number of hydrogen-bond donors (Lipinski definition) is 2. The van der Waals surface area contributed by atoms with Crippen molar-refractivity contribution in [2.24, 2.45) is 0 Å². The first-order chi connectivity index (χ1) is 16.7. The van der Waals surface area contributed by atoms with Gasteiger partial charge >= 0.3 is 0 Å². The number of carbonyl (C=O) groups excluding carboxylic acids is 1. The summed E-state index contributed by atoms with van der Waals surface area (Å²) in [5.74, 6) is 0.697. The SMILES string of the molecule is O=C(Nc1ccc(N2CCOCC2)cc1)c1cccc(-c2cc(NC3CCCCC3)ncn2)c1. The van der Waals surface area contributed by atoms with E-state index in [4.69, 9.17) is 4.74 Å². The van der Waals surface area contributed by atoms with Crippen molar-refractivity contribution >= 4 is 23.1 Å². The number of hydrogen-bond acceptors (Lipinski definition) is 6. The first-order valence-electron chi connectivity index (χ1n) is 12.2. The molecule has 1 aliphatic heterocycles. The van der Waals surface area contributed by atoms with Gasteiger partial charge in [0.2, 0.25) is 0 Å². The molecule has 0 atom stereocenters. The number of morpholine rings is 1. The van der Waals surface area contributed by atoms with Crippen molar-refractivity contribution in [3.05, 3.63) is 66.5 Å². The van der Waals surface area contributed by atoms with Gasteiger partial charge in [0.25, 0.3) is 5.91 Å². The maximum absolute atomic E-state index is 12.9. The van der Waals surface area contributed by atoms with Gasteiger partial charge in [-0.15, -0.1) is 0 Å². The molecule has 1 amide bonds. The molecule has 1 aliphatic carbocycles. The third kappa shape index (κ3) is 5.54. The average Bonchev–Trinajstić information content (AvgIpc) is 2.90. The highest BCUT2D eigenvalue weighted by atomic mass is 16.5. The van der Waals surface area contributed by atoms with Gasteiger partial charge in [-0.1, -0.05) is 31.4 Å². The summed E-state index contributed by atoms with van der Waals surface area (Å²) in [6.07, 6.45) is 7.81. The van der Waals surface area contributed by atoms with Crippen molar-refractivity contribution in [2.45, 2.75) is 38.1 Å². The molecule has 3 aromatic rings. The van der Waals surface area contributed by atoms with Crippen molar-refractivity contribution in [3.8, 4) is 11.3 Å². The van der Waals surface area contributed by atoms with E-state index < -0.39 is 0 Å². The van der Waals surface area contributed by atoms with E-state index in [2.05, 4.69) is 25.5 Å². The zero-order valence-corrected chi connectivity index (χ0v) is 19.4. The summed E-state index contributed by atoms with van der Waals surface area (Å²) < 4.78 is 5.42. The molecule has 0 unspecified atom stereocenters. The molecule has 0 radical (unpaired) electrons. The predicted molar refractivity (Wildman–Crippen MR) is 135 cm³/mol. The molecule has 0 spiro atoms. The molecule has 2 N–H and O–H groups in total. The lowest BCUT2D eigenvalue weighted by atomic mass is 9.95. The largest absolute Gasteiger partial charge is 0.378 e. The Morgan fingerprint density at radius 2 is 1.74 bits per heavy atom. The molecule has 1 aromatic heterocycles. The first-order valence-corrected chi connectivity index (χ1v) is 12.2. The monoisotopic (exact) mass is 457 g/mol. The fraction of sp³-hybridized carbons (Fsp3) is 0.370. The average molecular weight is 458 g/mol. The van der Waals surface area contributed by atoms with Crippen LogP contribution in [0.4, 0.5) is 17.2 Å². The second-order valence-corrected chi connectivity index (χ2v) is 8.95. The van der Waals surface area contributed by atoms with E-state index in [-0.39, 0.29) is 5.91 Å². The van der Waals surface area contributed by atoms with Gasteiger partial charge in [-0.2, -0.15) is 0 Å². The highest BCUT2D eigenvalue weighted by molar-refractivity contribution is 6.05. The highest BCUT2D eigenvalue weighted by Crippen LogP contribution is 2.25. The Kier molecular flexibility index (Phi) is 7.00. The lowest BCUT2D eigenvalue weighted by Crippen LogP contribution is -2.36. The van der Waals surface area contributed by atoms with E-state index in [9.17, 15) is 4.79 Å². The Morgan fingerprint density at radius 3 is 2.53 bits per heavy atom. The Hall–Kier alpha value is -3.45. The van der Waals surface area contributed by atoms with Crippen LogP contribution in [-0.2, 0) is 4.74 Å². The third-order valence-corrected chi connectivity index (χ3v) is 6.55. The van der Waals surface area contributed by atoms with Gasteiger partial charge in [0.05, 0.1) is 18.9 Å². The summed E-state index contributed by atoms with van der Waals surface area (Å²) in [7, 11) is 0. The van der Waals surface area contributed by atoms with Crippen LogP contribution in [-0.4, -0.2) is 48.2 Å². The number of benzene rings is 2. The fourth-order valence-corrected chi connectivity index (χ4v) is 4.65. The Balaban J connectivity index is 1.25. The van der Waals surface area contributed by atoms with Gasteiger partial charge < -0.3 is 20.3 Å². The van der Waals surface area contributed by atoms with Crippen molar-refractivity contribution < 1.29 is 9.53 Å². The molecule has 176 valence electrons. The molecule has 2 heterocycles. The number of nitrogens with one attached hydrogen (secondary N) is 2. The zero-order valence-electron chi connectivity index (χ0n) is 19.4. The van der Waals surface area contributed by atoms with Crippen molar-refractivity contribution in [2.75, 3.05) is 41.8 Å². The number of carbonyl (C=O) groups is 1. The molecule has 7 heteroatoms. The summed E-state index contributed by atoms with van der Waals surface area (Å²) in [4.78, 5) is 24.1. The van der Waals surface area contributed by atoms with Crippen molar-refractivity contribution in [1.29, 1.82) is 0 Å². The normalized spacial score (nSPS) is 16.8. The van der Waals surface area contributed by atoms with Crippen molar-refractivity contribution in [1.82, 2.24) is 9.97 Å². The smallest absolute Gasteiger partial charge is 0.255 e. The number of ether oxygens (including phenoxy) is 1. The maximum atomic E-state index is 12.9. The van der Waals surface area contributed by atoms with E-state index in [0.29, 0.717) is 11.6 Å². The van der Waals surface area contributed by atoms with Gasteiger partial charge in [0.15, 0.2) is 0 Å². The summed E-state index contributed by atoms with van der Waals surface area (Å²) >= 11 is 0. The molecule has 0 bridgehead atoms. The maximum Gasteiger partial charge on any atom is 0.255 e. The van der Waals surface area contributed by atoms with Gasteiger partial charge in [-0.05, 0) is 49.2 Å². The molecule has 1 saturated heterocycles. The number of aromatic nitrogens is 2. The molecular formula is C27H31N5O2. The standard InChI is InChI=1S/C27H31N5O2/c33-27(31-23-9-11-24(12-10-23)32-13-15-34-16-14-32)21-6-4-5-20(17-21)25-18-26(29-19-28-25)30-22-7-2-1-3-8-22/h4-6,9-12,17-19,22H,1-3,7-8,13-16H2,(H,31,33)(H,28,29,30). The summed E-state index contributed by atoms with van der Waals surface area (Å²) in [5.41, 5.74) is 4.20. The number of amides is 1. The van der Waals surface area contributed by atoms with Crippen LogP contribution in [0.15, 0.2) is 60.9 Å². The molecule has 5 rings (SSSR count). The predicted octanol–water partition coefficient (Wildman–Crippen LogP) is 4.98. The van der Waals surface area contributed by atoms with E-state index in [1.54, 1.807) is 6.33 Å². The fourth-order valence-electron chi connectivity index (χ4n) is 4.65. The van der Waals surface area contributed by atoms with Gasteiger partial charge in [0, 0.05) is 47.7 Å². The molecule has 34 heavy (non-hydrogen) atoms. The van der Waals surface area contributed by atoms with Gasteiger partial charge in [-0.25, -0.2) is 9.97 Å². The van der Waals surface area contributed by atoms with Crippen LogP contribution in [0, 0.1) is 0 Å². The summed E-state index contributed by atoms with van der Waals surface area (Å²) in [6, 6.07) is 18.0. The van der Waals surface area contributed by atoms with E-state index in [0.717, 1.165) is 54.8 Å². The summed E-state index contributed by atoms with van der Waals surface area (Å²) in [5, 5.41) is 6.55. The van der Waals surface area contributed by atoms with Crippen LogP contribution in [0.2, 0.25) is 0 Å². The Labute approximate surface area is 200 Å². The third-order valence-electron chi connectivity index (χ3n) is 6.55. The van der Waals surface area contributed by atoms with Crippen LogP contribution in [0.25, 0.3) is 11.3 Å².